The Balaban J connectivity index is 2.27. The zero-order chi connectivity index (χ0) is 15.6. The molecule has 2 aromatic heterocycles. The van der Waals surface area contributed by atoms with E-state index in [1.54, 1.807) is 16.9 Å². The molecule has 0 amide bonds. The number of fused-ring (bicyclic) bond motifs is 1. The lowest BCUT2D eigenvalue weighted by atomic mass is 9.87. The molecule has 2 N–H and O–H groups in total. The van der Waals surface area contributed by atoms with Gasteiger partial charge in [-0.3, -0.25) is 4.79 Å². The van der Waals surface area contributed by atoms with Crippen LogP contribution in [0.15, 0.2) is 18.5 Å². The van der Waals surface area contributed by atoms with Crippen molar-refractivity contribution in [3.8, 4) is 0 Å². The molecule has 114 valence electrons. The minimum atomic E-state index is -0.812. The molecule has 21 heavy (non-hydrogen) atoms. The molecule has 0 saturated carbocycles. The molecule has 0 radical (unpaired) electrons. The number of carboxylic acid groups (broad SMARTS) is 1. The molecule has 0 aromatic carbocycles. The van der Waals surface area contributed by atoms with Gasteiger partial charge in [0.25, 0.3) is 0 Å². The van der Waals surface area contributed by atoms with Crippen LogP contribution in [0.4, 0.5) is 5.82 Å². The summed E-state index contributed by atoms with van der Waals surface area (Å²) in [6.45, 7) is 8.21. The standard InChI is InChI=1S/C15H22N4O2/c1-10-7-12-14(16-5-6-19(12)18-10)17-11(8-13(20)21)9-15(2,3)4/h5-7,11H,8-9H2,1-4H3,(H,16,17)(H,20,21). The molecule has 0 spiro atoms. The molecule has 6 nitrogen and oxygen atoms in total. The van der Waals surface area contributed by atoms with E-state index in [0.29, 0.717) is 5.82 Å². The molecule has 0 bridgehead atoms. The Kier molecular flexibility index (Phi) is 4.16. The highest BCUT2D eigenvalue weighted by atomic mass is 16.4. The lowest BCUT2D eigenvalue weighted by Gasteiger charge is -2.26. The van der Waals surface area contributed by atoms with E-state index in [-0.39, 0.29) is 17.9 Å². The van der Waals surface area contributed by atoms with Gasteiger partial charge in [0.1, 0.15) is 5.52 Å². The predicted octanol–water partition coefficient (Wildman–Crippen LogP) is 2.73. The number of anilines is 1. The molecule has 6 heteroatoms. The fraction of sp³-hybridized carbons (Fsp3) is 0.533. The predicted molar refractivity (Wildman–Crippen MR) is 81.5 cm³/mol. The van der Waals surface area contributed by atoms with Crippen molar-refractivity contribution in [3.05, 3.63) is 24.2 Å². The second kappa shape index (κ2) is 5.71. The molecule has 0 fully saturated rings. The molecule has 1 atom stereocenters. The first-order valence-electron chi connectivity index (χ1n) is 7.04. The number of aryl methyl sites for hydroxylation is 1. The van der Waals surface area contributed by atoms with E-state index in [9.17, 15) is 4.79 Å². The highest BCUT2D eigenvalue weighted by molar-refractivity contribution is 5.71. The third kappa shape index (κ3) is 4.18. The summed E-state index contributed by atoms with van der Waals surface area (Å²) in [5.41, 5.74) is 1.80. The molecular formula is C15H22N4O2. The van der Waals surface area contributed by atoms with Crippen molar-refractivity contribution in [2.75, 3.05) is 5.32 Å². The Hall–Kier alpha value is -2.11. The van der Waals surface area contributed by atoms with Crippen LogP contribution < -0.4 is 5.32 Å². The Bertz CT molecular complexity index is 643. The monoisotopic (exact) mass is 290 g/mol. The Labute approximate surface area is 124 Å². The summed E-state index contributed by atoms with van der Waals surface area (Å²) >= 11 is 0. The molecule has 1 unspecified atom stereocenters. The maximum absolute atomic E-state index is 11.1. The average Bonchev–Trinajstić information content (AvgIpc) is 2.67. The molecule has 2 heterocycles. The molecule has 0 aliphatic heterocycles. The summed E-state index contributed by atoms with van der Waals surface area (Å²) in [6, 6.07) is 1.76. The van der Waals surface area contributed by atoms with E-state index in [4.69, 9.17) is 5.11 Å². The van der Waals surface area contributed by atoms with Gasteiger partial charge in [-0.05, 0) is 24.8 Å². The van der Waals surface area contributed by atoms with Crippen LogP contribution in [0.3, 0.4) is 0 Å². The Morgan fingerprint density at radius 3 is 2.81 bits per heavy atom. The number of carboxylic acids is 1. The van der Waals surface area contributed by atoms with Gasteiger partial charge in [0, 0.05) is 18.4 Å². The number of hydrogen-bond donors (Lipinski definition) is 2. The number of carbonyl (C=O) groups is 1. The van der Waals surface area contributed by atoms with Crippen molar-refractivity contribution in [1.29, 1.82) is 0 Å². The second-order valence-corrected chi connectivity index (χ2v) is 6.60. The normalized spacial score (nSPS) is 13.3. The third-order valence-electron chi connectivity index (χ3n) is 3.13. The van der Waals surface area contributed by atoms with Crippen molar-refractivity contribution in [3.63, 3.8) is 0 Å². The van der Waals surface area contributed by atoms with Crippen molar-refractivity contribution in [1.82, 2.24) is 14.6 Å². The van der Waals surface area contributed by atoms with E-state index < -0.39 is 5.97 Å². The molecule has 0 saturated heterocycles. The topological polar surface area (TPSA) is 79.5 Å². The molecular weight excluding hydrogens is 268 g/mol. The Morgan fingerprint density at radius 2 is 2.19 bits per heavy atom. The summed E-state index contributed by atoms with van der Waals surface area (Å²) < 4.78 is 1.75. The first-order chi connectivity index (χ1) is 9.74. The van der Waals surface area contributed by atoms with Crippen LogP contribution in [-0.4, -0.2) is 31.7 Å². The number of nitrogens with zero attached hydrogens (tertiary/aromatic N) is 3. The van der Waals surface area contributed by atoms with Crippen LogP contribution in [0.5, 0.6) is 0 Å². The smallest absolute Gasteiger partial charge is 0.305 e. The fourth-order valence-corrected chi connectivity index (χ4v) is 2.47. The van der Waals surface area contributed by atoms with Crippen LogP contribution in [0, 0.1) is 12.3 Å². The largest absolute Gasteiger partial charge is 0.481 e. The summed E-state index contributed by atoms with van der Waals surface area (Å²) in [4.78, 5) is 15.4. The van der Waals surface area contributed by atoms with Crippen LogP contribution in [0.1, 0.15) is 39.3 Å². The molecule has 0 aliphatic carbocycles. The highest BCUT2D eigenvalue weighted by Crippen LogP contribution is 2.25. The first kappa shape index (κ1) is 15.3. The number of nitrogens with one attached hydrogen (secondary N) is 1. The van der Waals surface area contributed by atoms with Gasteiger partial charge in [-0.15, -0.1) is 0 Å². The number of hydrogen-bond acceptors (Lipinski definition) is 4. The van der Waals surface area contributed by atoms with E-state index in [0.717, 1.165) is 17.6 Å². The minimum Gasteiger partial charge on any atom is -0.481 e. The first-order valence-corrected chi connectivity index (χ1v) is 7.04. The SMILES string of the molecule is Cc1cc2c(NC(CC(=O)O)CC(C)(C)C)nccn2n1. The lowest BCUT2D eigenvalue weighted by molar-refractivity contribution is -0.137. The van der Waals surface area contributed by atoms with Gasteiger partial charge in [0.2, 0.25) is 0 Å². The minimum absolute atomic E-state index is 0.0361. The molecule has 0 aliphatic rings. The number of rotatable bonds is 5. The summed E-state index contributed by atoms with van der Waals surface area (Å²) in [7, 11) is 0. The summed E-state index contributed by atoms with van der Waals surface area (Å²) in [5, 5.41) is 16.7. The molecule has 2 rings (SSSR count). The van der Waals surface area contributed by atoms with Gasteiger partial charge >= 0.3 is 5.97 Å². The van der Waals surface area contributed by atoms with Gasteiger partial charge in [0.05, 0.1) is 12.1 Å². The van der Waals surface area contributed by atoms with Crippen LogP contribution >= 0.6 is 0 Å². The zero-order valence-corrected chi connectivity index (χ0v) is 12.9. The van der Waals surface area contributed by atoms with Gasteiger partial charge < -0.3 is 10.4 Å². The van der Waals surface area contributed by atoms with E-state index >= 15 is 0 Å². The maximum Gasteiger partial charge on any atom is 0.305 e. The van der Waals surface area contributed by atoms with E-state index in [1.807, 2.05) is 13.0 Å². The average molecular weight is 290 g/mol. The van der Waals surface area contributed by atoms with E-state index in [2.05, 4.69) is 36.2 Å². The summed E-state index contributed by atoms with van der Waals surface area (Å²) in [6.07, 6.45) is 4.25. The molecule has 2 aromatic rings. The van der Waals surface area contributed by atoms with Gasteiger partial charge in [-0.2, -0.15) is 5.10 Å². The lowest BCUT2D eigenvalue weighted by Crippen LogP contribution is -2.28. The third-order valence-corrected chi connectivity index (χ3v) is 3.13. The second-order valence-electron chi connectivity index (χ2n) is 6.60. The number of aliphatic carboxylic acids is 1. The maximum atomic E-state index is 11.1. The quantitative estimate of drug-likeness (QED) is 0.885. The summed E-state index contributed by atoms with van der Waals surface area (Å²) in [5.74, 6) is -0.137. The van der Waals surface area contributed by atoms with Crippen LogP contribution in [-0.2, 0) is 4.79 Å². The van der Waals surface area contributed by atoms with Crippen LogP contribution in [0.25, 0.3) is 5.52 Å². The zero-order valence-electron chi connectivity index (χ0n) is 12.9. The van der Waals surface area contributed by atoms with Crippen molar-refractivity contribution in [2.24, 2.45) is 5.41 Å². The van der Waals surface area contributed by atoms with Crippen molar-refractivity contribution < 1.29 is 9.90 Å². The van der Waals surface area contributed by atoms with Crippen molar-refractivity contribution >= 4 is 17.3 Å². The van der Waals surface area contributed by atoms with Gasteiger partial charge in [-0.1, -0.05) is 20.8 Å². The van der Waals surface area contributed by atoms with Gasteiger partial charge in [0.15, 0.2) is 5.82 Å². The van der Waals surface area contributed by atoms with Gasteiger partial charge in [-0.25, -0.2) is 9.50 Å². The Morgan fingerprint density at radius 1 is 1.48 bits per heavy atom. The number of aromatic nitrogens is 3. The highest BCUT2D eigenvalue weighted by Gasteiger charge is 2.22. The fourth-order valence-electron chi connectivity index (χ4n) is 2.47. The van der Waals surface area contributed by atoms with E-state index in [1.165, 1.54) is 0 Å². The van der Waals surface area contributed by atoms with Crippen molar-refractivity contribution in [2.45, 2.75) is 46.6 Å². The van der Waals surface area contributed by atoms with Crippen LogP contribution in [0.2, 0.25) is 0 Å².